The maximum Gasteiger partial charge on any atom is 0.257 e. The fraction of sp³-hybridized carbons (Fsp3) is 0.312. The predicted octanol–water partition coefficient (Wildman–Crippen LogP) is 1.98. The Morgan fingerprint density at radius 2 is 2.10 bits per heavy atom. The minimum atomic E-state index is -0.123. The van der Waals surface area contributed by atoms with Crippen LogP contribution in [0.3, 0.4) is 0 Å². The number of phenols is 1. The third-order valence-corrected chi connectivity index (χ3v) is 4.03. The van der Waals surface area contributed by atoms with Crippen LogP contribution in [0.4, 0.5) is 0 Å². The summed E-state index contributed by atoms with van der Waals surface area (Å²) in [7, 11) is 1.80. The summed E-state index contributed by atoms with van der Waals surface area (Å²) in [6.07, 6.45) is 0.955. The van der Waals surface area contributed by atoms with E-state index in [4.69, 9.17) is 0 Å². The first kappa shape index (κ1) is 12.9. The van der Waals surface area contributed by atoms with Crippen LogP contribution >= 0.6 is 0 Å². The Labute approximate surface area is 118 Å². The largest absolute Gasteiger partial charge is 0.506 e. The van der Waals surface area contributed by atoms with Gasteiger partial charge in [-0.15, -0.1) is 0 Å². The van der Waals surface area contributed by atoms with Gasteiger partial charge in [-0.2, -0.15) is 0 Å². The van der Waals surface area contributed by atoms with Crippen molar-refractivity contribution >= 4 is 16.7 Å². The van der Waals surface area contributed by atoms with Gasteiger partial charge in [0.1, 0.15) is 5.75 Å². The highest BCUT2D eigenvalue weighted by atomic mass is 16.3. The zero-order valence-electron chi connectivity index (χ0n) is 11.5. The van der Waals surface area contributed by atoms with Gasteiger partial charge in [0.05, 0.1) is 5.56 Å². The van der Waals surface area contributed by atoms with Gasteiger partial charge in [-0.05, 0) is 24.4 Å². The number of benzene rings is 2. The highest BCUT2D eigenvalue weighted by Crippen LogP contribution is 2.29. The second-order valence-corrected chi connectivity index (χ2v) is 5.25. The molecule has 104 valence electrons. The van der Waals surface area contributed by atoms with Gasteiger partial charge in [0, 0.05) is 25.0 Å². The SMILES string of the molecule is CN(C(=O)c1ccc2ccccc2c1O)C1CCNC1. The van der Waals surface area contributed by atoms with Crippen molar-refractivity contribution in [1.29, 1.82) is 0 Å². The molecular weight excluding hydrogens is 252 g/mol. The third-order valence-electron chi connectivity index (χ3n) is 4.03. The van der Waals surface area contributed by atoms with Crippen molar-refractivity contribution < 1.29 is 9.90 Å². The molecular formula is C16H18N2O2. The van der Waals surface area contributed by atoms with Crippen LogP contribution < -0.4 is 5.32 Å². The summed E-state index contributed by atoms with van der Waals surface area (Å²) in [5.74, 6) is -0.0483. The van der Waals surface area contributed by atoms with Crippen LogP contribution in [0.25, 0.3) is 10.8 Å². The molecule has 4 nitrogen and oxygen atoms in total. The number of hydrogen-bond acceptors (Lipinski definition) is 3. The summed E-state index contributed by atoms with van der Waals surface area (Å²) >= 11 is 0. The number of amides is 1. The average molecular weight is 270 g/mol. The number of aromatic hydroxyl groups is 1. The lowest BCUT2D eigenvalue weighted by molar-refractivity contribution is 0.0741. The van der Waals surface area contributed by atoms with Crippen LogP contribution in [-0.2, 0) is 0 Å². The van der Waals surface area contributed by atoms with Gasteiger partial charge in [-0.1, -0.05) is 30.3 Å². The topological polar surface area (TPSA) is 52.6 Å². The summed E-state index contributed by atoms with van der Waals surface area (Å²) in [6, 6.07) is 11.3. The van der Waals surface area contributed by atoms with E-state index in [-0.39, 0.29) is 17.7 Å². The van der Waals surface area contributed by atoms with Crippen LogP contribution in [-0.4, -0.2) is 42.1 Å². The molecule has 0 aromatic heterocycles. The molecule has 4 heteroatoms. The Kier molecular flexibility index (Phi) is 3.32. The molecule has 2 N–H and O–H groups in total. The van der Waals surface area contributed by atoms with E-state index >= 15 is 0 Å². The average Bonchev–Trinajstić information content (AvgIpc) is 3.01. The maximum atomic E-state index is 12.5. The van der Waals surface area contributed by atoms with Gasteiger partial charge >= 0.3 is 0 Å². The number of fused-ring (bicyclic) bond motifs is 1. The Bertz CT molecular complexity index is 648. The van der Waals surface area contributed by atoms with Crippen LogP contribution in [0.1, 0.15) is 16.8 Å². The molecule has 1 heterocycles. The molecule has 0 spiro atoms. The van der Waals surface area contributed by atoms with Crippen molar-refractivity contribution in [2.45, 2.75) is 12.5 Å². The Morgan fingerprint density at radius 3 is 2.85 bits per heavy atom. The summed E-state index contributed by atoms with van der Waals surface area (Å²) in [5.41, 5.74) is 0.373. The molecule has 0 bridgehead atoms. The summed E-state index contributed by atoms with van der Waals surface area (Å²) in [5, 5.41) is 15.3. The molecule has 1 fully saturated rings. The second-order valence-electron chi connectivity index (χ2n) is 5.25. The van der Waals surface area contributed by atoms with Crippen molar-refractivity contribution in [3.8, 4) is 5.75 Å². The third kappa shape index (κ3) is 2.12. The zero-order chi connectivity index (χ0) is 14.1. The monoisotopic (exact) mass is 270 g/mol. The Hall–Kier alpha value is -2.07. The summed E-state index contributed by atoms with van der Waals surface area (Å²) < 4.78 is 0. The summed E-state index contributed by atoms with van der Waals surface area (Å²) in [6.45, 7) is 1.75. The van der Waals surface area contributed by atoms with E-state index in [1.165, 1.54) is 0 Å². The molecule has 0 radical (unpaired) electrons. The van der Waals surface area contributed by atoms with E-state index < -0.39 is 0 Å². The molecule has 3 rings (SSSR count). The molecule has 0 aliphatic carbocycles. The highest BCUT2D eigenvalue weighted by Gasteiger charge is 2.25. The van der Waals surface area contributed by atoms with E-state index in [0.29, 0.717) is 5.56 Å². The van der Waals surface area contributed by atoms with Gasteiger partial charge in [0.2, 0.25) is 0 Å². The first-order valence-corrected chi connectivity index (χ1v) is 6.87. The van der Waals surface area contributed by atoms with E-state index in [1.807, 2.05) is 30.3 Å². The van der Waals surface area contributed by atoms with Gasteiger partial charge in [-0.3, -0.25) is 4.79 Å². The molecule has 20 heavy (non-hydrogen) atoms. The van der Waals surface area contributed by atoms with Crippen LogP contribution in [0.2, 0.25) is 0 Å². The number of likely N-dealkylation sites (N-methyl/N-ethyl adjacent to an activating group) is 1. The van der Waals surface area contributed by atoms with Crippen LogP contribution in [0.5, 0.6) is 5.75 Å². The van der Waals surface area contributed by atoms with Gasteiger partial charge in [0.15, 0.2) is 0 Å². The van der Waals surface area contributed by atoms with Crippen molar-refractivity contribution in [2.24, 2.45) is 0 Å². The van der Waals surface area contributed by atoms with Crippen molar-refractivity contribution in [2.75, 3.05) is 20.1 Å². The molecule has 1 saturated heterocycles. The van der Waals surface area contributed by atoms with Gasteiger partial charge in [0.25, 0.3) is 5.91 Å². The molecule has 1 unspecified atom stereocenters. The number of nitrogens with zero attached hydrogens (tertiary/aromatic N) is 1. The Morgan fingerprint density at radius 1 is 1.30 bits per heavy atom. The zero-order valence-corrected chi connectivity index (χ0v) is 11.5. The minimum Gasteiger partial charge on any atom is -0.506 e. The minimum absolute atomic E-state index is 0.0749. The fourth-order valence-corrected chi connectivity index (χ4v) is 2.75. The lowest BCUT2D eigenvalue weighted by Gasteiger charge is -2.24. The first-order chi connectivity index (χ1) is 9.68. The molecule has 1 aliphatic heterocycles. The van der Waals surface area contributed by atoms with E-state index in [1.54, 1.807) is 18.0 Å². The molecule has 1 amide bonds. The summed E-state index contributed by atoms with van der Waals surface area (Å²) in [4.78, 5) is 14.3. The molecule has 2 aromatic carbocycles. The standard InChI is InChI=1S/C16H18N2O2/c1-18(12-8-9-17-10-12)16(20)14-7-6-11-4-2-3-5-13(11)15(14)19/h2-7,12,17,19H,8-10H2,1H3. The Balaban J connectivity index is 1.97. The molecule has 1 atom stereocenters. The molecule has 1 aliphatic rings. The second kappa shape index (κ2) is 5.13. The van der Waals surface area contributed by atoms with Crippen LogP contribution in [0, 0.1) is 0 Å². The molecule has 2 aromatic rings. The van der Waals surface area contributed by atoms with Crippen molar-refractivity contribution in [1.82, 2.24) is 10.2 Å². The predicted molar refractivity (Wildman–Crippen MR) is 79.0 cm³/mol. The van der Waals surface area contributed by atoms with E-state index in [2.05, 4.69) is 5.32 Å². The normalized spacial score (nSPS) is 18.4. The number of nitrogens with one attached hydrogen (secondary N) is 1. The number of rotatable bonds is 2. The lowest BCUT2D eigenvalue weighted by Crippen LogP contribution is -2.38. The highest BCUT2D eigenvalue weighted by molar-refractivity contribution is 6.03. The first-order valence-electron chi connectivity index (χ1n) is 6.87. The number of hydrogen-bond donors (Lipinski definition) is 2. The van der Waals surface area contributed by atoms with E-state index in [9.17, 15) is 9.90 Å². The van der Waals surface area contributed by atoms with Crippen molar-refractivity contribution in [3.63, 3.8) is 0 Å². The van der Waals surface area contributed by atoms with Gasteiger partial charge in [-0.25, -0.2) is 0 Å². The smallest absolute Gasteiger partial charge is 0.257 e. The maximum absolute atomic E-state index is 12.5. The van der Waals surface area contributed by atoms with Crippen LogP contribution in [0.15, 0.2) is 36.4 Å². The van der Waals surface area contributed by atoms with Gasteiger partial charge < -0.3 is 15.3 Å². The lowest BCUT2D eigenvalue weighted by atomic mass is 10.0. The van der Waals surface area contributed by atoms with E-state index in [0.717, 1.165) is 30.3 Å². The van der Waals surface area contributed by atoms with Crippen molar-refractivity contribution in [3.05, 3.63) is 42.0 Å². The number of carbonyl (C=O) groups excluding carboxylic acids is 1. The number of carbonyl (C=O) groups is 1. The number of phenolic OH excluding ortho intramolecular Hbond substituents is 1. The fourth-order valence-electron chi connectivity index (χ4n) is 2.75. The molecule has 0 saturated carbocycles. The quantitative estimate of drug-likeness (QED) is 0.877.